The Labute approximate surface area is 147 Å². The zero-order chi connectivity index (χ0) is 18.4. The number of amides is 1. The molecule has 1 amide bonds. The van der Waals surface area contributed by atoms with Crippen LogP contribution in [-0.2, 0) is 11.0 Å². The van der Waals surface area contributed by atoms with Crippen molar-refractivity contribution >= 4 is 17.7 Å². The number of nitrogens with one attached hydrogen (secondary N) is 1. The lowest BCUT2D eigenvalue weighted by molar-refractivity contribution is -0.141. The molecule has 2 aromatic rings. The Bertz CT molecular complexity index is 741. The maximum absolute atomic E-state index is 12.6. The van der Waals surface area contributed by atoms with E-state index >= 15 is 0 Å². The van der Waals surface area contributed by atoms with E-state index in [9.17, 15) is 18.0 Å². The van der Waals surface area contributed by atoms with E-state index in [0.29, 0.717) is 5.75 Å². The summed E-state index contributed by atoms with van der Waals surface area (Å²) in [7, 11) is 1.54. The fourth-order valence-corrected chi connectivity index (χ4v) is 2.73. The number of alkyl halides is 3. The Morgan fingerprint density at radius 1 is 1.32 bits per heavy atom. The van der Waals surface area contributed by atoms with Gasteiger partial charge in [-0.2, -0.15) is 13.2 Å². The summed E-state index contributed by atoms with van der Waals surface area (Å²) in [4.78, 5) is 19.2. The number of carbonyl (C=O) groups is 1. The van der Waals surface area contributed by atoms with E-state index in [2.05, 4.69) is 15.3 Å². The predicted molar refractivity (Wildman–Crippen MR) is 87.3 cm³/mol. The van der Waals surface area contributed by atoms with Crippen molar-refractivity contribution in [1.82, 2.24) is 15.3 Å². The number of hydrogen-bond donors (Lipinski definition) is 1. The molecule has 9 heteroatoms. The van der Waals surface area contributed by atoms with Gasteiger partial charge in [0.2, 0.25) is 5.91 Å². The van der Waals surface area contributed by atoms with E-state index in [1.807, 2.05) is 18.2 Å². The van der Waals surface area contributed by atoms with Gasteiger partial charge in [-0.05, 0) is 19.1 Å². The van der Waals surface area contributed by atoms with Crippen LogP contribution in [-0.4, -0.2) is 28.7 Å². The predicted octanol–water partition coefficient (Wildman–Crippen LogP) is 3.47. The van der Waals surface area contributed by atoms with Gasteiger partial charge >= 0.3 is 6.18 Å². The first-order chi connectivity index (χ1) is 11.8. The van der Waals surface area contributed by atoms with Crippen LogP contribution in [0.15, 0.2) is 41.7 Å². The molecule has 0 aliphatic carbocycles. The minimum atomic E-state index is -4.54. The van der Waals surface area contributed by atoms with Crippen molar-refractivity contribution in [2.75, 3.05) is 12.9 Å². The van der Waals surface area contributed by atoms with E-state index in [0.717, 1.165) is 29.6 Å². The Balaban J connectivity index is 1.95. The largest absolute Gasteiger partial charge is 0.496 e. The molecular formula is C16H16F3N3O2S. The average Bonchev–Trinajstić information content (AvgIpc) is 2.59. The molecule has 1 aromatic carbocycles. The van der Waals surface area contributed by atoms with Crippen LogP contribution in [0, 0.1) is 0 Å². The van der Waals surface area contributed by atoms with Gasteiger partial charge in [0.05, 0.1) is 18.9 Å². The summed E-state index contributed by atoms with van der Waals surface area (Å²) >= 11 is 0.840. The van der Waals surface area contributed by atoms with E-state index < -0.39 is 11.9 Å². The van der Waals surface area contributed by atoms with E-state index in [1.54, 1.807) is 13.0 Å². The van der Waals surface area contributed by atoms with Crippen LogP contribution in [0.2, 0.25) is 0 Å². The highest BCUT2D eigenvalue weighted by Gasteiger charge is 2.32. The minimum absolute atomic E-state index is 0.0964. The average molecular weight is 371 g/mol. The molecule has 0 spiro atoms. The molecule has 2 rings (SSSR count). The van der Waals surface area contributed by atoms with Crippen molar-refractivity contribution < 1.29 is 22.7 Å². The summed E-state index contributed by atoms with van der Waals surface area (Å²) in [6.07, 6.45) is -3.52. The summed E-state index contributed by atoms with van der Waals surface area (Å²) in [6.45, 7) is 1.79. The van der Waals surface area contributed by atoms with Crippen molar-refractivity contribution in [1.29, 1.82) is 0 Å². The molecule has 1 aromatic heterocycles. The second kappa shape index (κ2) is 8.19. The number of methoxy groups -OCH3 is 1. The zero-order valence-electron chi connectivity index (χ0n) is 13.5. The zero-order valence-corrected chi connectivity index (χ0v) is 14.3. The topological polar surface area (TPSA) is 64.1 Å². The number of benzene rings is 1. The molecular weight excluding hydrogens is 355 g/mol. The van der Waals surface area contributed by atoms with Crippen molar-refractivity contribution in [3.8, 4) is 5.75 Å². The van der Waals surface area contributed by atoms with E-state index in [4.69, 9.17) is 4.74 Å². The normalized spacial score (nSPS) is 12.5. The third-order valence-electron chi connectivity index (χ3n) is 3.24. The highest BCUT2D eigenvalue weighted by molar-refractivity contribution is 7.99. The summed E-state index contributed by atoms with van der Waals surface area (Å²) in [6, 6.07) is 7.72. The number of rotatable bonds is 6. The number of thioether (sulfide) groups is 1. The number of para-hydroxylation sites is 1. The fraction of sp³-hybridized carbons (Fsp3) is 0.312. The van der Waals surface area contributed by atoms with Gasteiger partial charge in [0.25, 0.3) is 0 Å². The number of aromatic nitrogens is 2. The summed E-state index contributed by atoms with van der Waals surface area (Å²) < 4.78 is 43.1. The van der Waals surface area contributed by atoms with Crippen LogP contribution in [0.3, 0.4) is 0 Å². The van der Waals surface area contributed by atoms with Gasteiger partial charge in [0.15, 0.2) is 5.16 Å². The summed E-state index contributed by atoms with van der Waals surface area (Å²) in [5.41, 5.74) is -0.230. The number of hydrogen-bond acceptors (Lipinski definition) is 5. The number of nitrogens with zero attached hydrogens (tertiary/aromatic N) is 2. The van der Waals surface area contributed by atoms with Crippen molar-refractivity contribution in [3.05, 3.63) is 47.8 Å². The summed E-state index contributed by atoms with van der Waals surface area (Å²) in [5, 5.41) is 2.67. The first kappa shape index (κ1) is 19.0. The molecule has 1 N–H and O–H groups in total. The third kappa shape index (κ3) is 5.35. The quantitative estimate of drug-likeness (QED) is 0.622. The molecule has 5 nitrogen and oxygen atoms in total. The Kier molecular flexibility index (Phi) is 6.24. The van der Waals surface area contributed by atoms with Gasteiger partial charge in [0.1, 0.15) is 11.4 Å². The molecule has 0 bridgehead atoms. The van der Waals surface area contributed by atoms with Gasteiger partial charge < -0.3 is 10.1 Å². The maximum Gasteiger partial charge on any atom is 0.433 e. The van der Waals surface area contributed by atoms with Gasteiger partial charge in [0, 0.05) is 11.8 Å². The molecule has 1 unspecified atom stereocenters. The highest BCUT2D eigenvalue weighted by Crippen LogP contribution is 2.28. The van der Waals surface area contributed by atoms with Crippen LogP contribution in [0.5, 0.6) is 5.75 Å². The smallest absolute Gasteiger partial charge is 0.433 e. The molecule has 0 saturated carbocycles. The lowest BCUT2D eigenvalue weighted by Gasteiger charge is -2.17. The molecule has 1 heterocycles. The first-order valence-electron chi connectivity index (χ1n) is 7.26. The molecule has 1 atom stereocenters. The monoisotopic (exact) mass is 371 g/mol. The highest BCUT2D eigenvalue weighted by atomic mass is 32.2. The fourth-order valence-electron chi connectivity index (χ4n) is 2.08. The van der Waals surface area contributed by atoms with Gasteiger partial charge in [-0.25, -0.2) is 9.97 Å². The lowest BCUT2D eigenvalue weighted by Crippen LogP contribution is -2.28. The number of halogens is 3. The van der Waals surface area contributed by atoms with Crippen molar-refractivity contribution in [2.24, 2.45) is 0 Å². The molecule has 25 heavy (non-hydrogen) atoms. The second-order valence-electron chi connectivity index (χ2n) is 5.04. The molecule has 134 valence electrons. The number of ether oxygens (including phenoxy) is 1. The third-order valence-corrected chi connectivity index (χ3v) is 4.10. The molecule has 0 saturated heterocycles. The Morgan fingerprint density at radius 2 is 2.04 bits per heavy atom. The van der Waals surface area contributed by atoms with Crippen molar-refractivity contribution in [2.45, 2.75) is 24.3 Å². The summed E-state index contributed by atoms with van der Waals surface area (Å²) in [5.74, 6) is 0.203. The second-order valence-corrected chi connectivity index (χ2v) is 5.98. The van der Waals surface area contributed by atoms with Crippen molar-refractivity contribution in [3.63, 3.8) is 0 Å². The maximum atomic E-state index is 12.6. The SMILES string of the molecule is COc1ccccc1C(C)NC(=O)CSc1nccc(C(F)(F)F)n1. The van der Waals surface area contributed by atoms with Crippen LogP contribution in [0.25, 0.3) is 0 Å². The Morgan fingerprint density at radius 3 is 2.72 bits per heavy atom. The van der Waals surface area contributed by atoms with Crippen LogP contribution < -0.4 is 10.1 Å². The van der Waals surface area contributed by atoms with E-state index in [-0.39, 0.29) is 22.9 Å². The van der Waals surface area contributed by atoms with Gasteiger partial charge in [-0.1, -0.05) is 30.0 Å². The Hall–Kier alpha value is -2.29. The lowest BCUT2D eigenvalue weighted by atomic mass is 10.1. The van der Waals surface area contributed by atoms with E-state index in [1.165, 1.54) is 7.11 Å². The standard InChI is InChI=1S/C16H16F3N3O2S/c1-10(11-5-3-4-6-12(11)24-2)21-14(23)9-25-15-20-8-7-13(22-15)16(17,18)19/h3-8,10H,9H2,1-2H3,(H,21,23). The molecule has 0 aliphatic heterocycles. The van der Waals surface area contributed by atoms with Crippen LogP contribution in [0.1, 0.15) is 24.2 Å². The number of carbonyl (C=O) groups excluding carboxylic acids is 1. The minimum Gasteiger partial charge on any atom is -0.496 e. The molecule has 0 aliphatic rings. The van der Waals surface area contributed by atoms with Crippen LogP contribution in [0.4, 0.5) is 13.2 Å². The first-order valence-corrected chi connectivity index (χ1v) is 8.25. The van der Waals surface area contributed by atoms with Gasteiger partial charge in [-0.15, -0.1) is 0 Å². The molecule has 0 radical (unpaired) electrons. The molecule has 0 fully saturated rings. The van der Waals surface area contributed by atoms with Gasteiger partial charge in [-0.3, -0.25) is 4.79 Å². The van der Waals surface area contributed by atoms with Crippen LogP contribution >= 0.6 is 11.8 Å².